The largest absolute Gasteiger partial charge is 0.348 e. The highest BCUT2D eigenvalue weighted by Crippen LogP contribution is 2.10. The third-order valence-electron chi connectivity index (χ3n) is 2.60. The summed E-state index contributed by atoms with van der Waals surface area (Å²) in [6.07, 6.45) is 1.25. The van der Waals surface area contributed by atoms with Gasteiger partial charge in [0.25, 0.3) is 0 Å². The molecular weight excluding hydrogens is 228 g/mol. The van der Waals surface area contributed by atoms with Crippen LogP contribution in [-0.4, -0.2) is 18.4 Å². The van der Waals surface area contributed by atoms with Gasteiger partial charge in [0.2, 0.25) is 11.8 Å². The SMILES string of the molecule is CCCC(=O)NCC(=O)NC(C)c1ccccc1. The Hall–Kier alpha value is -1.84. The van der Waals surface area contributed by atoms with Crippen LogP contribution in [0.5, 0.6) is 0 Å². The Morgan fingerprint density at radius 2 is 1.83 bits per heavy atom. The van der Waals surface area contributed by atoms with E-state index in [-0.39, 0.29) is 24.4 Å². The van der Waals surface area contributed by atoms with Crippen molar-refractivity contribution in [2.75, 3.05) is 6.54 Å². The summed E-state index contributed by atoms with van der Waals surface area (Å²) in [5.74, 6) is -0.254. The summed E-state index contributed by atoms with van der Waals surface area (Å²) < 4.78 is 0. The molecule has 2 amide bonds. The Morgan fingerprint density at radius 1 is 1.17 bits per heavy atom. The van der Waals surface area contributed by atoms with Crippen LogP contribution in [0.4, 0.5) is 0 Å². The van der Waals surface area contributed by atoms with E-state index < -0.39 is 0 Å². The van der Waals surface area contributed by atoms with Gasteiger partial charge in [-0.05, 0) is 18.9 Å². The quantitative estimate of drug-likeness (QED) is 0.806. The molecule has 0 heterocycles. The highest BCUT2D eigenvalue weighted by Gasteiger charge is 2.09. The van der Waals surface area contributed by atoms with Crippen molar-refractivity contribution in [1.29, 1.82) is 0 Å². The van der Waals surface area contributed by atoms with Gasteiger partial charge >= 0.3 is 0 Å². The molecule has 18 heavy (non-hydrogen) atoms. The first kappa shape index (κ1) is 14.2. The number of hydrogen-bond acceptors (Lipinski definition) is 2. The van der Waals surface area contributed by atoms with E-state index in [2.05, 4.69) is 10.6 Å². The van der Waals surface area contributed by atoms with Crippen molar-refractivity contribution < 1.29 is 9.59 Å². The van der Waals surface area contributed by atoms with Crippen LogP contribution >= 0.6 is 0 Å². The molecule has 1 atom stereocenters. The summed E-state index contributed by atoms with van der Waals surface area (Å²) >= 11 is 0. The number of benzene rings is 1. The Bertz CT molecular complexity index is 390. The first-order valence-corrected chi connectivity index (χ1v) is 6.24. The minimum Gasteiger partial charge on any atom is -0.348 e. The van der Waals surface area contributed by atoms with Crippen LogP contribution in [0.25, 0.3) is 0 Å². The predicted octanol–water partition coefficient (Wildman–Crippen LogP) is 1.78. The molecule has 0 bridgehead atoms. The zero-order valence-corrected chi connectivity index (χ0v) is 10.9. The maximum absolute atomic E-state index is 11.6. The standard InChI is InChI=1S/C14H20N2O2/c1-3-7-13(17)15-10-14(18)16-11(2)12-8-5-4-6-9-12/h4-6,8-9,11H,3,7,10H2,1-2H3,(H,15,17)(H,16,18). The molecule has 2 N–H and O–H groups in total. The molecule has 0 spiro atoms. The molecule has 0 fully saturated rings. The fourth-order valence-electron chi connectivity index (χ4n) is 1.61. The van der Waals surface area contributed by atoms with Gasteiger partial charge in [0.05, 0.1) is 12.6 Å². The molecule has 0 aliphatic rings. The second-order valence-electron chi connectivity index (χ2n) is 4.23. The van der Waals surface area contributed by atoms with Crippen LogP contribution in [-0.2, 0) is 9.59 Å². The number of hydrogen-bond donors (Lipinski definition) is 2. The Kier molecular flexibility index (Phi) is 5.91. The van der Waals surface area contributed by atoms with Gasteiger partial charge in [0.15, 0.2) is 0 Å². The van der Waals surface area contributed by atoms with Crippen molar-refractivity contribution in [3.8, 4) is 0 Å². The molecule has 1 unspecified atom stereocenters. The van der Waals surface area contributed by atoms with Crippen LogP contribution in [0.3, 0.4) is 0 Å². The lowest BCUT2D eigenvalue weighted by Crippen LogP contribution is -2.37. The number of amides is 2. The van der Waals surface area contributed by atoms with Crippen molar-refractivity contribution in [3.63, 3.8) is 0 Å². The molecule has 0 radical (unpaired) electrons. The molecule has 1 aromatic carbocycles. The number of rotatable bonds is 6. The minimum atomic E-state index is -0.171. The van der Waals surface area contributed by atoms with Gasteiger partial charge in [-0.25, -0.2) is 0 Å². The first-order chi connectivity index (χ1) is 8.63. The topological polar surface area (TPSA) is 58.2 Å². The zero-order chi connectivity index (χ0) is 13.4. The molecule has 0 aromatic heterocycles. The van der Waals surface area contributed by atoms with Crippen molar-refractivity contribution >= 4 is 11.8 Å². The van der Waals surface area contributed by atoms with Crippen LogP contribution in [0.15, 0.2) is 30.3 Å². The minimum absolute atomic E-state index is 0.0377. The third kappa shape index (κ3) is 4.99. The number of nitrogens with one attached hydrogen (secondary N) is 2. The summed E-state index contributed by atoms with van der Waals surface area (Å²) in [7, 11) is 0. The van der Waals surface area contributed by atoms with Gasteiger partial charge in [-0.2, -0.15) is 0 Å². The van der Waals surface area contributed by atoms with Gasteiger partial charge in [0, 0.05) is 6.42 Å². The average molecular weight is 248 g/mol. The van der Waals surface area contributed by atoms with E-state index in [1.54, 1.807) is 0 Å². The molecule has 4 heteroatoms. The van der Waals surface area contributed by atoms with Crippen LogP contribution in [0.1, 0.15) is 38.3 Å². The molecule has 1 rings (SSSR count). The average Bonchev–Trinajstić information content (AvgIpc) is 2.38. The van der Waals surface area contributed by atoms with Crippen molar-refractivity contribution in [2.45, 2.75) is 32.7 Å². The Labute approximate surface area is 108 Å². The summed E-state index contributed by atoms with van der Waals surface area (Å²) in [5.41, 5.74) is 1.05. The van der Waals surface area contributed by atoms with E-state index in [1.807, 2.05) is 44.2 Å². The molecule has 0 saturated heterocycles. The highest BCUT2D eigenvalue weighted by molar-refractivity contribution is 5.84. The molecule has 98 valence electrons. The number of carbonyl (C=O) groups is 2. The fraction of sp³-hybridized carbons (Fsp3) is 0.429. The molecule has 1 aromatic rings. The Morgan fingerprint density at radius 3 is 2.44 bits per heavy atom. The molecule has 0 aliphatic heterocycles. The second kappa shape index (κ2) is 7.48. The second-order valence-corrected chi connectivity index (χ2v) is 4.23. The van der Waals surface area contributed by atoms with Gasteiger partial charge in [-0.3, -0.25) is 9.59 Å². The van der Waals surface area contributed by atoms with Gasteiger partial charge in [-0.1, -0.05) is 37.3 Å². The summed E-state index contributed by atoms with van der Waals surface area (Å²) in [4.78, 5) is 22.8. The summed E-state index contributed by atoms with van der Waals surface area (Å²) in [6, 6.07) is 9.66. The molecule has 0 saturated carbocycles. The lowest BCUT2D eigenvalue weighted by molar-refractivity contribution is -0.126. The first-order valence-electron chi connectivity index (χ1n) is 6.24. The summed E-state index contributed by atoms with van der Waals surface area (Å²) in [5, 5.41) is 5.43. The van der Waals surface area contributed by atoms with E-state index in [4.69, 9.17) is 0 Å². The van der Waals surface area contributed by atoms with Gasteiger partial charge < -0.3 is 10.6 Å². The van der Waals surface area contributed by atoms with Gasteiger partial charge in [-0.15, -0.1) is 0 Å². The summed E-state index contributed by atoms with van der Waals surface area (Å²) in [6.45, 7) is 3.88. The lowest BCUT2D eigenvalue weighted by atomic mass is 10.1. The van der Waals surface area contributed by atoms with E-state index in [0.717, 1.165) is 12.0 Å². The third-order valence-corrected chi connectivity index (χ3v) is 2.60. The van der Waals surface area contributed by atoms with E-state index in [9.17, 15) is 9.59 Å². The molecule has 4 nitrogen and oxygen atoms in total. The smallest absolute Gasteiger partial charge is 0.239 e. The zero-order valence-electron chi connectivity index (χ0n) is 10.9. The van der Waals surface area contributed by atoms with Gasteiger partial charge in [0.1, 0.15) is 0 Å². The normalized spacial score (nSPS) is 11.7. The fourth-order valence-corrected chi connectivity index (χ4v) is 1.61. The van der Waals surface area contributed by atoms with E-state index in [1.165, 1.54) is 0 Å². The maximum atomic E-state index is 11.6. The number of carbonyl (C=O) groups excluding carboxylic acids is 2. The van der Waals surface area contributed by atoms with Crippen molar-refractivity contribution in [1.82, 2.24) is 10.6 Å². The molecular formula is C14H20N2O2. The monoisotopic (exact) mass is 248 g/mol. The van der Waals surface area contributed by atoms with Crippen molar-refractivity contribution in [2.24, 2.45) is 0 Å². The maximum Gasteiger partial charge on any atom is 0.239 e. The van der Waals surface area contributed by atoms with Crippen LogP contribution in [0.2, 0.25) is 0 Å². The molecule has 0 aliphatic carbocycles. The van der Waals surface area contributed by atoms with E-state index in [0.29, 0.717) is 6.42 Å². The van der Waals surface area contributed by atoms with E-state index >= 15 is 0 Å². The Balaban J connectivity index is 2.34. The van der Waals surface area contributed by atoms with Crippen LogP contribution in [0, 0.1) is 0 Å². The van der Waals surface area contributed by atoms with Crippen molar-refractivity contribution in [3.05, 3.63) is 35.9 Å². The lowest BCUT2D eigenvalue weighted by Gasteiger charge is -2.14. The highest BCUT2D eigenvalue weighted by atomic mass is 16.2. The predicted molar refractivity (Wildman–Crippen MR) is 70.9 cm³/mol. The van der Waals surface area contributed by atoms with Crippen LogP contribution < -0.4 is 10.6 Å².